The van der Waals surface area contributed by atoms with Crippen molar-refractivity contribution in [2.24, 2.45) is 0 Å². The molecule has 2 aromatic rings. The van der Waals surface area contributed by atoms with E-state index in [4.69, 9.17) is 16.3 Å². The lowest BCUT2D eigenvalue weighted by Crippen LogP contribution is -2.13. The van der Waals surface area contributed by atoms with Gasteiger partial charge in [0.05, 0.1) is 17.3 Å². The summed E-state index contributed by atoms with van der Waals surface area (Å²) in [7, 11) is 0. The average Bonchev–Trinajstić information content (AvgIpc) is 2.64. The lowest BCUT2D eigenvalue weighted by molar-refractivity contribution is 0.304. The van der Waals surface area contributed by atoms with Crippen molar-refractivity contribution >= 4 is 23.0 Å². The highest BCUT2D eigenvalue weighted by molar-refractivity contribution is 6.33. The summed E-state index contributed by atoms with van der Waals surface area (Å²) in [6, 6.07) is 15.9. The summed E-state index contributed by atoms with van der Waals surface area (Å²) in [6.45, 7) is 4.67. The molecule has 0 atom stereocenters. The van der Waals surface area contributed by atoms with Gasteiger partial charge in [-0.05, 0) is 42.8 Å². The van der Waals surface area contributed by atoms with E-state index in [2.05, 4.69) is 29.7 Å². The molecule has 0 saturated carbocycles. The van der Waals surface area contributed by atoms with Crippen molar-refractivity contribution in [3.05, 3.63) is 53.6 Å². The highest BCUT2D eigenvalue weighted by atomic mass is 35.5. The molecule has 4 heteroatoms. The maximum Gasteiger partial charge on any atom is 0.119 e. The number of rotatable bonds is 12. The van der Waals surface area contributed by atoms with Crippen molar-refractivity contribution in [1.29, 1.82) is 0 Å². The van der Waals surface area contributed by atoms with Gasteiger partial charge in [0.2, 0.25) is 0 Å². The van der Waals surface area contributed by atoms with Crippen LogP contribution in [0.4, 0.5) is 11.4 Å². The third-order valence-electron chi connectivity index (χ3n) is 4.01. The number of hydrogen-bond acceptors (Lipinski definition) is 3. The Labute approximate surface area is 156 Å². The van der Waals surface area contributed by atoms with E-state index >= 15 is 0 Å². The first-order valence-corrected chi connectivity index (χ1v) is 9.62. The van der Waals surface area contributed by atoms with Crippen LogP contribution in [0.5, 0.6) is 5.75 Å². The molecule has 0 aliphatic heterocycles. The zero-order valence-electron chi connectivity index (χ0n) is 15.1. The topological polar surface area (TPSA) is 33.3 Å². The summed E-state index contributed by atoms with van der Waals surface area (Å²) in [6.07, 6.45) is 6.31. The molecular formula is C21H29ClN2O. The number of nitrogens with one attached hydrogen (secondary N) is 2. The summed E-state index contributed by atoms with van der Waals surface area (Å²) >= 11 is 6.12. The molecule has 3 nitrogen and oxygen atoms in total. The fourth-order valence-corrected chi connectivity index (χ4v) is 2.78. The predicted molar refractivity (Wildman–Crippen MR) is 109 cm³/mol. The van der Waals surface area contributed by atoms with Gasteiger partial charge in [0.1, 0.15) is 5.75 Å². The molecule has 2 aromatic carbocycles. The summed E-state index contributed by atoms with van der Waals surface area (Å²) in [5.74, 6) is 0.940. The Bertz CT molecular complexity index is 601. The van der Waals surface area contributed by atoms with E-state index in [9.17, 15) is 0 Å². The van der Waals surface area contributed by atoms with E-state index in [1.807, 2.05) is 36.4 Å². The van der Waals surface area contributed by atoms with E-state index < -0.39 is 0 Å². The second-order valence-corrected chi connectivity index (χ2v) is 6.53. The first-order valence-electron chi connectivity index (χ1n) is 9.24. The van der Waals surface area contributed by atoms with Crippen molar-refractivity contribution in [1.82, 2.24) is 0 Å². The van der Waals surface area contributed by atoms with Crippen LogP contribution in [-0.4, -0.2) is 19.7 Å². The largest absolute Gasteiger partial charge is 0.494 e. The predicted octanol–water partition coefficient (Wildman–Crippen LogP) is 6.21. The van der Waals surface area contributed by atoms with Gasteiger partial charge in [-0.15, -0.1) is 0 Å². The third-order valence-corrected chi connectivity index (χ3v) is 4.34. The number of para-hydroxylation sites is 1. The first-order chi connectivity index (χ1) is 12.3. The summed E-state index contributed by atoms with van der Waals surface area (Å²) in [5, 5.41) is 7.46. The molecule has 0 spiro atoms. The second-order valence-electron chi connectivity index (χ2n) is 6.12. The highest BCUT2D eigenvalue weighted by Crippen LogP contribution is 2.20. The number of unbranched alkanes of at least 4 members (excludes halogenated alkanes) is 4. The molecule has 0 fully saturated rings. The van der Waals surface area contributed by atoms with E-state index in [1.165, 1.54) is 25.7 Å². The summed E-state index contributed by atoms with van der Waals surface area (Å²) in [5.41, 5.74) is 2.06. The maximum atomic E-state index is 6.12. The van der Waals surface area contributed by atoms with Gasteiger partial charge in [0.25, 0.3) is 0 Å². The highest BCUT2D eigenvalue weighted by Gasteiger charge is 1.98. The molecule has 0 aliphatic carbocycles. The van der Waals surface area contributed by atoms with Crippen molar-refractivity contribution in [3.63, 3.8) is 0 Å². The van der Waals surface area contributed by atoms with Crippen LogP contribution < -0.4 is 15.4 Å². The van der Waals surface area contributed by atoms with Gasteiger partial charge in [-0.2, -0.15) is 0 Å². The lowest BCUT2D eigenvalue weighted by atomic mass is 10.2. The van der Waals surface area contributed by atoms with Gasteiger partial charge >= 0.3 is 0 Å². The minimum Gasteiger partial charge on any atom is -0.494 e. The molecule has 0 saturated heterocycles. The van der Waals surface area contributed by atoms with Crippen molar-refractivity contribution in [3.8, 4) is 5.75 Å². The molecule has 0 unspecified atom stereocenters. The van der Waals surface area contributed by atoms with Crippen LogP contribution in [0.1, 0.15) is 39.0 Å². The van der Waals surface area contributed by atoms with Crippen molar-refractivity contribution in [2.75, 3.05) is 30.3 Å². The molecule has 0 amide bonds. The number of benzene rings is 2. The van der Waals surface area contributed by atoms with E-state index in [0.29, 0.717) is 0 Å². The minimum absolute atomic E-state index is 0.749. The monoisotopic (exact) mass is 360 g/mol. The minimum atomic E-state index is 0.749. The van der Waals surface area contributed by atoms with Crippen LogP contribution in [-0.2, 0) is 0 Å². The normalized spacial score (nSPS) is 10.5. The molecule has 0 heterocycles. The average molecular weight is 361 g/mol. The third kappa shape index (κ3) is 7.70. The van der Waals surface area contributed by atoms with Gasteiger partial charge in [0, 0.05) is 18.8 Å². The van der Waals surface area contributed by atoms with Crippen LogP contribution in [0.25, 0.3) is 0 Å². The zero-order chi connectivity index (χ0) is 17.7. The molecule has 25 heavy (non-hydrogen) atoms. The van der Waals surface area contributed by atoms with Crippen molar-refractivity contribution < 1.29 is 4.74 Å². The zero-order valence-corrected chi connectivity index (χ0v) is 15.8. The quantitative estimate of drug-likeness (QED) is 0.441. The smallest absolute Gasteiger partial charge is 0.119 e. The lowest BCUT2D eigenvalue weighted by Gasteiger charge is -2.11. The van der Waals surface area contributed by atoms with Crippen molar-refractivity contribution in [2.45, 2.75) is 39.0 Å². The molecule has 136 valence electrons. The number of hydrogen-bond donors (Lipinski definition) is 2. The van der Waals surface area contributed by atoms with E-state index in [-0.39, 0.29) is 0 Å². The molecule has 0 aromatic heterocycles. The van der Waals surface area contributed by atoms with E-state index in [0.717, 1.165) is 48.3 Å². The standard InChI is InChI=1S/C21H29ClN2O/c1-2-3-4-5-8-17-25-19-13-11-18(12-14-19)23-15-16-24-21-10-7-6-9-20(21)22/h6-7,9-14,23-24H,2-5,8,15-17H2,1H3. The fraction of sp³-hybridized carbons (Fsp3) is 0.429. The van der Waals surface area contributed by atoms with Gasteiger partial charge in [0.15, 0.2) is 0 Å². The van der Waals surface area contributed by atoms with Crippen LogP contribution in [0.15, 0.2) is 48.5 Å². The molecule has 0 radical (unpaired) electrons. The van der Waals surface area contributed by atoms with E-state index in [1.54, 1.807) is 0 Å². The Morgan fingerprint density at radius 3 is 2.32 bits per heavy atom. The van der Waals surface area contributed by atoms with Gasteiger partial charge in [-0.25, -0.2) is 0 Å². The van der Waals surface area contributed by atoms with Gasteiger partial charge in [-0.3, -0.25) is 0 Å². The first kappa shape index (κ1) is 19.5. The number of halogens is 1. The SMILES string of the molecule is CCCCCCCOc1ccc(NCCNc2ccccc2Cl)cc1. The van der Waals surface area contributed by atoms with Crippen LogP contribution in [0, 0.1) is 0 Å². The Balaban J connectivity index is 1.61. The van der Waals surface area contributed by atoms with Gasteiger partial charge in [-0.1, -0.05) is 56.3 Å². The molecule has 2 N–H and O–H groups in total. The molecule has 0 aliphatic rings. The Kier molecular flexibility index (Phi) is 9.06. The second kappa shape index (κ2) is 11.6. The summed E-state index contributed by atoms with van der Waals surface area (Å²) in [4.78, 5) is 0. The van der Waals surface area contributed by atoms with Crippen LogP contribution >= 0.6 is 11.6 Å². The summed E-state index contributed by atoms with van der Waals surface area (Å²) < 4.78 is 5.78. The molecule has 2 rings (SSSR count). The van der Waals surface area contributed by atoms with Crippen LogP contribution in [0.2, 0.25) is 5.02 Å². The maximum absolute atomic E-state index is 6.12. The number of anilines is 2. The number of ether oxygens (including phenoxy) is 1. The Hall–Kier alpha value is -1.87. The Morgan fingerprint density at radius 1 is 0.840 bits per heavy atom. The van der Waals surface area contributed by atoms with Gasteiger partial charge < -0.3 is 15.4 Å². The van der Waals surface area contributed by atoms with Crippen LogP contribution in [0.3, 0.4) is 0 Å². The molecular weight excluding hydrogens is 332 g/mol. The molecule has 0 bridgehead atoms. The fourth-order valence-electron chi connectivity index (χ4n) is 2.57. The Morgan fingerprint density at radius 2 is 1.56 bits per heavy atom.